The van der Waals surface area contributed by atoms with Gasteiger partial charge in [-0.1, -0.05) is 12.8 Å². The van der Waals surface area contributed by atoms with Crippen LogP contribution in [-0.2, 0) is 4.74 Å². The zero-order chi connectivity index (χ0) is 10.6. The van der Waals surface area contributed by atoms with E-state index in [1.54, 1.807) is 7.11 Å². The zero-order valence-corrected chi connectivity index (χ0v) is 9.62. The van der Waals surface area contributed by atoms with Crippen LogP contribution in [0.1, 0.15) is 32.6 Å². The van der Waals surface area contributed by atoms with Gasteiger partial charge in [0.1, 0.15) is 0 Å². The first-order valence-corrected chi connectivity index (χ1v) is 5.49. The van der Waals surface area contributed by atoms with Gasteiger partial charge in [0, 0.05) is 20.2 Å². The highest BCUT2D eigenvalue weighted by atomic mass is 16.5. The molecule has 0 heterocycles. The van der Waals surface area contributed by atoms with Crippen molar-refractivity contribution >= 4 is 0 Å². The molecular weight excluding hydrogens is 178 g/mol. The Bertz CT molecular complexity index is 167. The minimum absolute atomic E-state index is 0.241. The monoisotopic (exact) mass is 201 g/mol. The molecule has 1 N–H and O–H groups in total. The highest BCUT2D eigenvalue weighted by Crippen LogP contribution is 2.29. The third-order valence-corrected chi connectivity index (χ3v) is 3.07. The fraction of sp³-hybridized carbons (Fsp3) is 1.00. The van der Waals surface area contributed by atoms with Gasteiger partial charge in [0.15, 0.2) is 0 Å². The van der Waals surface area contributed by atoms with E-state index >= 15 is 0 Å². The third-order valence-electron chi connectivity index (χ3n) is 3.07. The molecule has 1 rings (SSSR count). The number of ether oxygens (including phenoxy) is 1. The van der Waals surface area contributed by atoms with Gasteiger partial charge < -0.3 is 14.7 Å². The fourth-order valence-corrected chi connectivity index (χ4v) is 2.27. The van der Waals surface area contributed by atoms with Gasteiger partial charge in [-0.2, -0.15) is 0 Å². The Morgan fingerprint density at radius 2 is 2.00 bits per heavy atom. The first kappa shape index (κ1) is 12.0. The van der Waals surface area contributed by atoms with E-state index in [1.165, 1.54) is 12.8 Å². The van der Waals surface area contributed by atoms with E-state index in [4.69, 9.17) is 4.74 Å². The summed E-state index contributed by atoms with van der Waals surface area (Å²) in [6.45, 7) is 3.72. The molecule has 0 aromatic heterocycles. The minimum Gasteiger partial charge on any atom is -0.389 e. The van der Waals surface area contributed by atoms with Crippen LogP contribution in [0.15, 0.2) is 0 Å². The van der Waals surface area contributed by atoms with Gasteiger partial charge in [0.05, 0.1) is 11.7 Å². The molecule has 0 spiro atoms. The Balaban J connectivity index is 2.28. The maximum atomic E-state index is 10.2. The molecule has 0 aromatic rings. The summed E-state index contributed by atoms with van der Waals surface area (Å²) in [7, 11) is 3.77. The van der Waals surface area contributed by atoms with Gasteiger partial charge in [-0.25, -0.2) is 0 Å². The SMILES string of the molecule is COC(C)CN(C)CC1(O)CCCC1. The topological polar surface area (TPSA) is 32.7 Å². The predicted octanol–water partition coefficient (Wildman–Crippen LogP) is 1.26. The van der Waals surface area contributed by atoms with Crippen LogP contribution in [0.25, 0.3) is 0 Å². The molecule has 1 atom stereocenters. The van der Waals surface area contributed by atoms with Crippen LogP contribution in [0.5, 0.6) is 0 Å². The number of likely N-dealkylation sites (N-methyl/N-ethyl adjacent to an activating group) is 1. The number of nitrogens with zero attached hydrogens (tertiary/aromatic N) is 1. The van der Waals surface area contributed by atoms with Crippen LogP contribution in [-0.4, -0.2) is 49.0 Å². The van der Waals surface area contributed by atoms with Crippen molar-refractivity contribution in [1.82, 2.24) is 4.90 Å². The third kappa shape index (κ3) is 3.56. The lowest BCUT2D eigenvalue weighted by Gasteiger charge is -2.29. The summed E-state index contributed by atoms with van der Waals surface area (Å²) in [6.07, 6.45) is 4.50. The van der Waals surface area contributed by atoms with E-state index < -0.39 is 5.60 Å². The molecule has 0 radical (unpaired) electrons. The predicted molar refractivity (Wildman–Crippen MR) is 57.4 cm³/mol. The van der Waals surface area contributed by atoms with E-state index in [9.17, 15) is 5.11 Å². The Morgan fingerprint density at radius 1 is 1.43 bits per heavy atom. The summed E-state index contributed by atoms with van der Waals surface area (Å²) in [6, 6.07) is 0. The molecular formula is C11H23NO2. The van der Waals surface area contributed by atoms with Crippen LogP contribution >= 0.6 is 0 Å². The largest absolute Gasteiger partial charge is 0.389 e. The van der Waals surface area contributed by atoms with Gasteiger partial charge in [-0.05, 0) is 26.8 Å². The Labute approximate surface area is 87.1 Å². The first-order chi connectivity index (χ1) is 6.56. The van der Waals surface area contributed by atoms with E-state index in [0.29, 0.717) is 0 Å². The van der Waals surface area contributed by atoms with Crippen molar-refractivity contribution in [3.8, 4) is 0 Å². The molecule has 0 saturated heterocycles. The van der Waals surface area contributed by atoms with E-state index in [0.717, 1.165) is 25.9 Å². The lowest BCUT2D eigenvalue weighted by Crippen LogP contribution is -2.41. The van der Waals surface area contributed by atoms with Gasteiger partial charge >= 0.3 is 0 Å². The standard InChI is InChI=1S/C11H23NO2/c1-10(14-3)8-12(2)9-11(13)6-4-5-7-11/h10,13H,4-9H2,1-3H3. The summed E-state index contributed by atoms with van der Waals surface area (Å²) in [5.41, 5.74) is -0.428. The van der Waals surface area contributed by atoms with Gasteiger partial charge in [0.2, 0.25) is 0 Å². The van der Waals surface area contributed by atoms with Crippen LogP contribution in [0.2, 0.25) is 0 Å². The zero-order valence-electron chi connectivity index (χ0n) is 9.62. The lowest BCUT2D eigenvalue weighted by atomic mass is 10.0. The Hall–Kier alpha value is -0.120. The van der Waals surface area contributed by atoms with Crippen molar-refractivity contribution < 1.29 is 9.84 Å². The maximum absolute atomic E-state index is 10.2. The molecule has 14 heavy (non-hydrogen) atoms. The van der Waals surface area contributed by atoms with Crippen LogP contribution < -0.4 is 0 Å². The second-order valence-electron chi connectivity index (χ2n) is 4.67. The molecule has 1 unspecified atom stereocenters. The van der Waals surface area contributed by atoms with Crippen LogP contribution in [0.3, 0.4) is 0 Å². The summed E-state index contributed by atoms with van der Waals surface area (Å²) in [5, 5.41) is 10.2. The number of methoxy groups -OCH3 is 1. The highest BCUT2D eigenvalue weighted by molar-refractivity contribution is 4.86. The molecule has 3 heteroatoms. The summed E-state index contributed by atoms with van der Waals surface area (Å²) < 4.78 is 5.19. The average Bonchev–Trinajstić information content (AvgIpc) is 2.51. The van der Waals surface area contributed by atoms with Crippen LogP contribution in [0.4, 0.5) is 0 Å². The molecule has 0 aliphatic heterocycles. The minimum atomic E-state index is -0.428. The molecule has 0 aromatic carbocycles. The lowest BCUT2D eigenvalue weighted by molar-refractivity contribution is 0.00133. The summed E-state index contributed by atoms with van der Waals surface area (Å²) in [4.78, 5) is 2.17. The van der Waals surface area contributed by atoms with Crippen LogP contribution in [0, 0.1) is 0 Å². The van der Waals surface area contributed by atoms with Gasteiger partial charge in [-0.15, -0.1) is 0 Å². The molecule has 3 nitrogen and oxygen atoms in total. The molecule has 84 valence electrons. The maximum Gasteiger partial charge on any atom is 0.0774 e. The number of rotatable bonds is 5. The number of aliphatic hydroxyl groups is 1. The fourth-order valence-electron chi connectivity index (χ4n) is 2.27. The van der Waals surface area contributed by atoms with Crippen molar-refractivity contribution in [2.45, 2.75) is 44.3 Å². The van der Waals surface area contributed by atoms with E-state index in [1.807, 2.05) is 7.05 Å². The quantitative estimate of drug-likeness (QED) is 0.727. The second-order valence-corrected chi connectivity index (χ2v) is 4.67. The number of hydrogen-bond donors (Lipinski definition) is 1. The molecule has 1 aliphatic carbocycles. The van der Waals surface area contributed by atoms with Crippen molar-refractivity contribution in [3.63, 3.8) is 0 Å². The average molecular weight is 201 g/mol. The van der Waals surface area contributed by atoms with Crippen molar-refractivity contribution in [2.75, 3.05) is 27.2 Å². The normalized spacial score (nSPS) is 22.9. The van der Waals surface area contributed by atoms with Gasteiger partial charge in [0.25, 0.3) is 0 Å². The first-order valence-electron chi connectivity index (χ1n) is 5.49. The van der Waals surface area contributed by atoms with E-state index in [-0.39, 0.29) is 6.10 Å². The smallest absolute Gasteiger partial charge is 0.0774 e. The van der Waals surface area contributed by atoms with Crippen molar-refractivity contribution in [3.05, 3.63) is 0 Å². The highest BCUT2D eigenvalue weighted by Gasteiger charge is 2.32. The van der Waals surface area contributed by atoms with E-state index in [2.05, 4.69) is 11.8 Å². The Morgan fingerprint density at radius 3 is 2.50 bits per heavy atom. The number of hydrogen-bond acceptors (Lipinski definition) is 3. The molecule has 1 aliphatic rings. The Kier molecular flexibility index (Phi) is 4.35. The summed E-state index contributed by atoms with van der Waals surface area (Å²) in [5.74, 6) is 0. The molecule has 1 fully saturated rings. The summed E-state index contributed by atoms with van der Waals surface area (Å²) >= 11 is 0. The van der Waals surface area contributed by atoms with Crippen molar-refractivity contribution in [1.29, 1.82) is 0 Å². The molecule has 1 saturated carbocycles. The van der Waals surface area contributed by atoms with Gasteiger partial charge in [-0.3, -0.25) is 0 Å². The second kappa shape index (κ2) is 5.10. The molecule has 0 amide bonds. The molecule has 0 bridgehead atoms. The van der Waals surface area contributed by atoms with Crippen molar-refractivity contribution in [2.24, 2.45) is 0 Å².